The van der Waals surface area contributed by atoms with Crippen LogP contribution < -0.4 is 10.1 Å². The van der Waals surface area contributed by atoms with E-state index in [1.165, 1.54) is 0 Å². The summed E-state index contributed by atoms with van der Waals surface area (Å²) in [5.41, 5.74) is 2.11. The molecule has 1 heterocycles. The van der Waals surface area contributed by atoms with Crippen LogP contribution in [0, 0.1) is 0 Å². The van der Waals surface area contributed by atoms with Gasteiger partial charge in [0.1, 0.15) is 5.75 Å². The predicted octanol–water partition coefficient (Wildman–Crippen LogP) is 3.33. The van der Waals surface area contributed by atoms with E-state index in [-0.39, 0.29) is 12.5 Å². The minimum Gasteiger partial charge on any atom is -0.483 e. The van der Waals surface area contributed by atoms with E-state index < -0.39 is 0 Å². The van der Waals surface area contributed by atoms with Gasteiger partial charge >= 0.3 is 0 Å². The number of nitrogens with one attached hydrogen (secondary N) is 1. The second-order valence-corrected chi connectivity index (χ2v) is 6.38. The molecule has 0 aromatic heterocycles. The summed E-state index contributed by atoms with van der Waals surface area (Å²) in [6, 6.07) is 18.3. The van der Waals surface area contributed by atoms with Gasteiger partial charge in [-0.3, -0.25) is 4.79 Å². The van der Waals surface area contributed by atoms with Crippen molar-refractivity contribution in [3.05, 3.63) is 54.6 Å². The first-order valence-corrected chi connectivity index (χ1v) is 9.07. The van der Waals surface area contributed by atoms with E-state index in [9.17, 15) is 4.79 Å². The van der Waals surface area contributed by atoms with Crippen molar-refractivity contribution in [2.75, 3.05) is 26.2 Å². The van der Waals surface area contributed by atoms with E-state index in [0.29, 0.717) is 6.04 Å². The Morgan fingerprint density at radius 1 is 1.16 bits per heavy atom. The van der Waals surface area contributed by atoms with Gasteiger partial charge in [-0.15, -0.1) is 0 Å². The molecule has 1 aliphatic rings. The molecule has 2 aromatic rings. The molecular weight excluding hydrogens is 312 g/mol. The Kier molecular flexibility index (Phi) is 6.07. The van der Waals surface area contributed by atoms with Crippen molar-refractivity contribution in [2.24, 2.45) is 0 Å². The lowest BCUT2D eigenvalue weighted by Crippen LogP contribution is -2.44. The molecular formula is C21H26N2O2. The van der Waals surface area contributed by atoms with Gasteiger partial charge in [-0.05, 0) is 31.0 Å². The SMILES string of the molecule is CCCN(C(=O)COc1ccccc1-c1ccccc1)C1CCNC1. The monoisotopic (exact) mass is 338 g/mol. The fourth-order valence-electron chi connectivity index (χ4n) is 3.33. The molecule has 1 unspecified atom stereocenters. The normalized spacial score (nSPS) is 16.6. The molecule has 4 heteroatoms. The van der Waals surface area contributed by atoms with Gasteiger partial charge in [-0.2, -0.15) is 0 Å². The summed E-state index contributed by atoms with van der Waals surface area (Å²) in [7, 11) is 0. The van der Waals surface area contributed by atoms with Crippen LogP contribution in [0.3, 0.4) is 0 Å². The molecule has 0 aliphatic carbocycles. The molecule has 1 saturated heterocycles. The van der Waals surface area contributed by atoms with Crippen LogP contribution in [0.15, 0.2) is 54.6 Å². The zero-order valence-corrected chi connectivity index (χ0v) is 14.8. The van der Waals surface area contributed by atoms with Gasteiger partial charge in [0.15, 0.2) is 6.61 Å². The van der Waals surface area contributed by atoms with Gasteiger partial charge in [0.25, 0.3) is 5.91 Å². The maximum absolute atomic E-state index is 12.7. The van der Waals surface area contributed by atoms with Crippen molar-refractivity contribution >= 4 is 5.91 Å². The van der Waals surface area contributed by atoms with Crippen LogP contribution in [0.2, 0.25) is 0 Å². The third-order valence-corrected chi connectivity index (χ3v) is 4.58. The topological polar surface area (TPSA) is 41.6 Å². The number of nitrogens with zero attached hydrogens (tertiary/aromatic N) is 1. The molecule has 1 fully saturated rings. The van der Waals surface area contributed by atoms with E-state index in [1.54, 1.807) is 0 Å². The minimum atomic E-state index is 0.0680. The molecule has 3 rings (SSSR count). The third kappa shape index (κ3) is 4.40. The minimum absolute atomic E-state index is 0.0680. The maximum atomic E-state index is 12.7. The van der Waals surface area contributed by atoms with Crippen molar-refractivity contribution in [2.45, 2.75) is 25.8 Å². The number of amides is 1. The van der Waals surface area contributed by atoms with E-state index >= 15 is 0 Å². The quantitative estimate of drug-likeness (QED) is 0.842. The molecule has 1 amide bonds. The zero-order chi connectivity index (χ0) is 17.5. The molecule has 0 saturated carbocycles. The lowest BCUT2D eigenvalue weighted by molar-refractivity contribution is -0.135. The molecule has 0 radical (unpaired) electrons. The summed E-state index contributed by atoms with van der Waals surface area (Å²) in [4.78, 5) is 14.7. The molecule has 1 N–H and O–H groups in total. The van der Waals surface area contributed by atoms with Crippen LogP contribution in [0.25, 0.3) is 11.1 Å². The van der Waals surface area contributed by atoms with Gasteiger partial charge in [0.2, 0.25) is 0 Å². The van der Waals surface area contributed by atoms with E-state index in [1.807, 2.05) is 47.4 Å². The highest BCUT2D eigenvalue weighted by Crippen LogP contribution is 2.29. The summed E-state index contributed by atoms with van der Waals surface area (Å²) in [5.74, 6) is 0.821. The number of hydrogen-bond acceptors (Lipinski definition) is 3. The van der Waals surface area contributed by atoms with Crippen LogP contribution >= 0.6 is 0 Å². The molecule has 132 valence electrons. The number of ether oxygens (including phenoxy) is 1. The zero-order valence-electron chi connectivity index (χ0n) is 14.8. The fraction of sp³-hybridized carbons (Fsp3) is 0.381. The summed E-state index contributed by atoms with van der Waals surface area (Å²) >= 11 is 0. The number of carbonyl (C=O) groups excluding carboxylic acids is 1. The van der Waals surface area contributed by atoms with Crippen molar-refractivity contribution in [1.82, 2.24) is 10.2 Å². The number of hydrogen-bond donors (Lipinski definition) is 1. The molecule has 0 spiro atoms. The largest absolute Gasteiger partial charge is 0.483 e. The van der Waals surface area contributed by atoms with Crippen LogP contribution in [0.1, 0.15) is 19.8 Å². The summed E-state index contributed by atoms with van der Waals surface area (Å²) in [5, 5.41) is 3.34. The Balaban J connectivity index is 1.69. The van der Waals surface area contributed by atoms with Gasteiger partial charge in [0, 0.05) is 24.7 Å². The van der Waals surface area contributed by atoms with Crippen LogP contribution in [-0.2, 0) is 4.79 Å². The van der Waals surface area contributed by atoms with Gasteiger partial charge in [-0.1, -0.05) is 55.5 Å². The molecule has 4 nitrogen and oxygen atoms in total. The van der Waals surface area contributed by atoms with Crippen LogP contribution in [-0.4, -0.2) is 43.1 Å². The highest BCUT2D eigenvalue weighted by atomic mass is 16.5. The molecule has 25 heavy (non-hydrogen) atoms. The Hall–Kier alpha value is -2.33. The lowest BCUT2D eigenvalue weighted by atomic mass is 10.1. The first kappa shape index (κ1) is 17.5. The molecule has 1 aliphatic heterocycles. The van der Waals surface area contributed by atoms with E-state index in [2.05, 4.69) is 24.4 Å². The third-order valence-electron chi connectivity index (χ3n) is 4.58. The molecule has 2 aromatic carbocycles. The Morgan fingerprint density at radius 3 is 2.64 bits per heavy atom. The van der Waals surface area contributed by atoms with Crippen molar-refractivity contribution in [3.8, 4) is 16.9 Å². The number of rotatable bonds is 7. The number of benzene rings is 2. The van der Waals surface area contributed by atoms with Crippen molar-refractivity contribution < 1.29 is 9.53 Å². The Morgan fingerprint density at radius 2 is 1.92 bits per heavy atom. The Bertz CT molecular complexity index is 681. The van der Waals surface area contributed by atoms with Gasteiger partial charge < -0.3 is 15.0 Å². The van der Waals surface area contributed by atoms with Crippen LogP contribution in [0.5, 0.6) is 5.75 Å². The fourth-order valence-corrected chi connectivity index (χ4v) is 3.33. The average molecular weight is 338 g/mol. The van der Waals surface area contributed by atoms with Crippen LogP contribution in [0.4, 0.5) is 0 Å². The lowest BCUT2D eigenvalue weighted by Gasteiger charge is -2.28. The summed E-state index contributed by atoms with van der Waals surface area (Å²) in [6.45, 7) is 4.84. The van der Waals surface area contributed by atoms with Crippen molar-refractivity contribution in [3.63, 3.8) is 0 Å². The Labute approximate surface area is 149 Å². The predicted molar refractivity (Wildman–Crippen MR) is 101 cm³/mol. The smallest absolute Gasteiger partial charge is 0.260 e. The average Bonchev–Trinajstić information content (AvgIpc) is 3.19. The van der Waals surface area contributed by atoms with E-state index in [4.69, 9.17) is 4.74 Å². The number of para-hydroxylation sites is 1. The van der Waals surface area contributed by atoms with Gasteiger partial charge in [0.05, 0.1) is 0 Å². The second-order valence-electron chi connectivity index (χ2n) is 6.38. The van der Waals surface area contributed by atoms with Crippen molar-refractivity contribution in [1.29, 1.82) is 0 Å². The number of carbonyl (C=O) groups is 1. The first-order valence-electron chi connectivity index (χ1n) is 9.07. The van der Waals surface area contributed by atoms with Gasteiger partial charge in [-0.25, -0.2) is 0 Å². The maximum Gasteiger partial charge on any atom is 0.260 e. The molecule has 0 bridgehead atoms. The highest BCUT2D eigenvalue weighted by Gasteiger charge is 2.26. The molecule has 1 atom stereocenters. The summed E-state index contributed by atoms with van der Waals surface area (Å²) < 4.78 is 5.93. The standard InChI is InChI=1S/C21H26N2O2/c1-2-14-23(18-12-13-22-15-18)21(24)16-25-20-11-7-6-10-19(20)17-8-4-3-5-9-17/h3-11,18,22H,2,12-16H2,1H3. The first-order chi connectivity index (χ1) is 12.3. The summed E-state index contributed by atoms with van der Waals surface area (Å²) in [6.07, 6.45) is 1.98. The second kappa shape index (κ2) is 8.67. The van der Waals surface area contributed by atoms with E-state index in [0.717, 1.165) is 49.4 Å². The highest BCUT2D eigenvalue weighted by molar-refractivity contribution is 5.79.